The Morgan fingerprint density at radius 2 is 1.60 bits per heavy atom. The molecule has 0 aromatic rings. The second-order valence-electron chi connectivity index (χ2n) is 18.4. The Bertz CT molecular complexity index is 1480. The molecule has 3 fully saturated rings. The summed E-state index contributed by atoms with van der Waals surface area (Å²) in [7, 11) is 9.02. The fraction of sp³-hybridized carbons (Fsp3) is 0.844. The van der Waals surface area contributed by atoms with Gasteiger partial charge in [0, 0.05) is 39.3 Å². The van der Waals surface area contributed by atoms with Gasteiger partial charge in [0.25, 0.3) is 0 Å². The second kappa shape index (κ2) is 23.7. The van der Waals surface area contributed by atoms with Gasteiger partial charge in [-0.05, 0) is 93.9 Å². The van der Waals surface area contributed by atoms with Crippen LogP contribution in [-0.4, -0.2) is 182 Å². The van der Waals surface area contributed by atoms with E-state index in [2.05, 4.69) is 4.90 Å². The van der Waals surface area contributed by atoms with E-state index < -0.39 is 109 Å². The number of nitrogens with zero attached hydrogens (tertiary/aromatic N) is 2. The van der Waals surface area contributed by atoms with Crippen LogP contribution in [0.4, 0.5) is 0 Å². The van der Waals surface area contributed by atoms with Crippen LogP contribution in [0.25, 0.3) is 0 Å². The number of hydrogen-bond acceptors (Lipinski definition) is 17. The highest BCUT2D eigenvalue weighted by atomic mass is 16.7. The first kappa shape index (κ1) is 52.2. The van der Waals surface area contributed by atoms with Crippen LogP contribution >= 0.6 is 0 Å². The van der Waals surface area contributed by atoms with Gasteiger partial charge in [0.05, 0.1) is 48.6 Å². The highest BCUT2D eigenvalue weighted by molar-refractivity contribution is 5.72. The first-order valence-electron chi connectivity index (χ1n) is 22.2. The molecule has 3 saturated heterocycles. The highest BCUT2D eigenvalue weighted by Crippen LogP contribution is 2.38. The minimum atomic E-state index is -1.49. The second-order valence-corrected chi connectivity index (χ2v) is 18.4. The Balaban J connectivity index is 1.73. The lowest BCUT2D eigenvalue weighted by molar-refractivity contribution is -0.344. The van der Waals surface area contributed by atoms with Crippen molar-refractivity contribution in [1.82, 2.24) is 9.80 Å². The normalized spacial score (nSPS) is 44.0. The number of esters is 2. The van der Waals surface area contributed by atoms with Crippen molar-refractivity contribution < 1.29 is 72.3 Å². The van der Waals surface area contributed by atoms with Gasteiger partial charge in [-0.3, -0.25) is 9.59 Å². The number of aliphatic hydroxyl groups is 3. The molecule has 4 heterocycles. The van der Waals surface area contributed by atoms with Gasteiger partial charge >= 0.3 is 11.9 Å². The van der Waals surface area contributed by atoms with E-state index in [9.17, 15) is 29.7 Å². The summed E-state index contributed by atoms with van der Waals surface area (Å²) in [5, 5.41) is 33.6. The molecular formula is C45H76N2O15. The number of carbonyl (C=O) groups excluding carboxylic acids is 3. The largest absolute Gasteiger partial charge is 0.462 e. The van der Waals surface area contributed by atoms with E-state index in [1.54, 1.807) is 39.8 Å². The minimum absolute atomic E-state index is 0.0293. The van der Waals surface area contributed by atoms with Gasteiger partial charge in [-0.25, -0.2) is 0 Å². The zero-order valence-electron chi connectivity index (χ0n) is 38.9. The van der Waals surface area contributed by atoms with E-state index in [-0.39, 0.29) is 37.3 Å². The van der Waals surface area contributed by atoms with E-state index >= 15 is 0 Å². The summed E-state index contributed by atoms with van der Waals surface area (Å²) in [6.07, 6.45) is -1.81. The number of allylic oxidation sites excluding steroid dienone is 2. The number of rotatable bonds is 12. The van der Waals surface area contributed by atoms with Crippen LogP contribution in [-0.2, 0) is 57.0 Å². The van der Waals surface area contributed by atoms with Crippen LogP contribution in [0.1, 0.15) is 93.4 Å². The molecule has 0 amide bonds. The van der Waals surface area contributed by atoms with Crippen molar-refractivity contribution in [3.05, 3.63) is 24.3 Å². The molecule has 0 saturated carbocycles. The average Bonchev–Trinajstić information content (AvgIpc) is 3.16. The highest BCUT2D eigenvalue weighted by Gasteiger charge is 2.52. The van der Waals surface area contributed by atoms with Crippen molar-refractivity contribution in [3.63, 3.8) is 0 Å². The minimum Gasteiger partial charge on any atom is -0.462 e. The lowest BCUT2D eigenvalue weighted by atomic mass is 9.82. The molecule has 0 aromatic heterocycles. The lowest BCUT2D eigenvalue weighted by Gasteiger charge is -2.50. The van der Waals surface area contributed by atoms with Gasteiger partial charge < -0.3 is 72.5 Å². The summed E-state index contributed by atoms with van der Waals surface area (Å²) in [4.78, 5) is 42.7. The van der Waals surface area contributed by atoms with Crippen molar-refractivity contribution in [3.8, 4) is 0 Å². The first-order valence-corrected chi connectivity index (χ1v) is 22.2. The van der Waals surface area contributed by atoms with Gasteiger partial charge in [-0.2, -0.15) is 0 Å². The summed E-state index contributed by atoms with van der Waals surface area (Å²) in [5.41, 5.74) is -1.49. The number of aliphatic hydroxyl groups excluding tert-OH is 2. The maximum Gasteiger partial charge on any atom is 0.309 e. The molecule has 4 rings (SSSR count). The van der Waals surface area contributed by atoms with Gasteiger partial charge in [0.15, 0.2) is 18.9 Å². The molecule has 17 nitrogen and oxygen atoms in total. The van der Waals surface area contributed by atoms with Gasteiger partial charge in [0.2, 0.25) is 0 Å². The number of carbonyl (C=O) groups is 3. The number of aldehydes is 1. The maximum atomic E-state index is 13.4. The number of hydrogen-bond donors (Lipinski definition) is 3. The monoisotopic (exact) mass is 885 g/mol. The van der Waals surface area contributed by atoms with E-state index in [4.69, 9.17) is 42.6 Å². The number of cyclic esters (lactones) is 1. The molecule has 0 spiro atoms. The molecule has 3 N–H and O–H groups in total. The Morgan fingerprint density at radius 3 is 2.19 bits per heavy atom. The number of ether oxygens (including phenoxy) is 9. The molecule has 0 radical (unpaired) electrons. The van der Waals surface area contributed by atoms with Crippen LogP contribution in [0.3, 0.4) is 0 Å². The quantitative estimate of drug-likeness (QED) is 0.191. The summed E-state index contributed by atoms with van der Waals surface area (Å²) in [6, 6.07) is -0.509. The van der Waals surface area contributed by atoms with Crippen LogP contribution < -0.4 is 0 Å². The molecule has 0 aliphatic carbocycles. The van der Waals surface area contributed by atoms with Crippen LogP contribution in [0, 0.1) is 11.8 Å². The molecule has 356 valence electrons. The molecule has 4 aliphatic rings. The SMILES string of the molecule is COC1[C@@H](O[C@@H]2O[C@H](C)[C@@H](O[C@@H]3C[C@](C)(O)[C@@H](O)[C@@H](C)O3)[C@@H](N(C)C)[C@H]2O)[C@@H](CC=O)C[C@@H](C)[C@@H](O[C@H]2CC[C@H](N(C)C)[C@@H](C)O2)/C=C/C=C/C[C@@H](C)OC(=O)C[C@H]1OC(C)=O. The molecule has 19 atom stereocenters. The molecule has 1 unspecified atom stereocenters. The topological polar surface area (TPSA) is 201 Å². The predicted octanol–water partition coefficient (Wildman–Crippen LogP) is 2.90. The van der Waals surface area contributed by atoms with Gasteiger partial charge in [-0.1, -0.05) is 31.2 Å². The number of methoxy groups -OCH3 is 1. The average molecular weight is 885 g/mol. The summed E-state index contributed by atoms with van der Waals surface area (Å²) < 4.78 is 56.3. The zero-order valence-corrected chi connectivity index (χ0v) is 38.9. The fourth-order valence-electron chi connectivity index (χ4n) is 9.40. The van der Waals surface area contributed by atoms with Crippen LogP contribution in [0.2, 0.25) is 0 Å². The lowest BCUT2D eigenvalue weighted by Crippen LogP contribution is -2.65. The molecule has 62 heavy (non-hydrogen) atoms. The smallest absolute Gasteiger partial charge is 0.309 e. The third-order valence-corrected chi connectivity index (χ3v) is 12.7. The third-order valence-electron chi connectivity index (χ3n) is 12.7. The Labute approximate surface area is 368 Å². The standard InChI is InChI=1S/C45H76N2O15/c1-25-22-31(20-21-48)41(62-44-39(51)38(47(10)11)40(28(4)58-44)61-37-24-45(7,53)43(52)29(5)57-37)42(54-12)34(59-30(6)49)23-35(50)55-26(2)16-14-13-15-17-33(25)60-36-19-18-32(46(8)9)27(3)56-36/h13-15,17,21,25-29,31-34,36-44,51-53H,16,18-20,22-24H2,1-12H3/b14-13+,17-15+/t25-,26-,27-,28-,29-,31+,32+,33+,34-,36+,37-,38+,39-,40-,41+,42?,43+,44+,45+/m1/s1. The van der Waals surface area contributed by atoms with Crippen molar-refractivity contribution in [2.24, 2.45) is 11.8 Å². The summed E-state index contributed by atoms with van der Waals surface area (Å²) in [6.45, 7) is 12.0. The van der Waals surface area contributed by atoms with Crippen LogP contribution in [0.5, 0.6) is 0 Å². The number of likely N-dealkylation sites (N-methyl/N-ethyl adjacent to an activating group) is 2. The predicted molar refractivity (Wildman–Crippen MR) is 226 cm³/mol. The third kappa shape index (κ3) is 14.1. The van der Waals surface area contributed by atoms with Crippen molar-refractivity contribution in [2.75, 3.05) is 35.3 Å². The van der Waals surface area contributed by atoms with Gasteiger partial charge in [-0.15, -0.1) is 0 Å². The Hall–Kier alpha value is -2.39. The maximum absolute atomic E-state index is 13.4. The van der Waals surface area contributed by atoms with Crippen molar-refractivity contribution in [1.29, 1.82) is 0 Å². The molecular weight excluding hydrogens is 808 g/mol. The molecule has 0 aromatic carbocycles. The Morgan fingerprint density at radius 1 is 0.903 bits per heavy atom. The van der Waals surface area contributed by atoms with E-state index in [0.29, 0.717) is 19.3 Å². The molecule has 0 bridgehead atoms. The van der Waals surface area contributed by atoms with E-state index in [0.717, 1.165) is 12.7 Å². The Kier molecular flexibility index (Phi) is 20.0. The molecule has 17 heteroatoms. The fourth-order valence-corrected chi connectivity index (χ4v) is 9.40. The summed E-state index contributed by atoms with van der Waals surface area (Å²) in [5.74, 6) is -2.21. The van der Waals surface area contributed by atoms with Gasteiger partial charge in [0.1, 0.15) is 42.9 Å². The molecule has 4 aliphatic heterocycles. The summed E-state index contributed by atoms with van der Waals surface area (Å²) >= 11 is 0. The zero-order chi connectivity index (χ0) is 46.1. The van der Waals surface area contributed by atoms with Crippen molar-refractivity contribution in [2.45, 2.75) is 197 Å². The first-order chi connectivity index (χ1) is 29.2. The van der Waals surface area contributed by atoms with E-state index in [1.165, 1.54) is 21.0 Å². The van der Waals surface area contributed by atoms with E-state index in [1.807, 2.05) is 52.2 Å². The van der Waals surface area contributed by atoms with Crippen LogP contribution in [0.15, 0.2) is 24.3 Å². The van der Waals surface area contributed by atoms with Crippen molar-refractivity contribution >= 4 is 18.2 Å².